The maximum Gasteiger partial charge on any atom is 0.220 e. The zero-order valence-corrected chi connectivity index (χ0v) is 65.2. The van der Waals surface area contributed by atoms with E-state index < -0.39 is 124 Å². The van der Waals surface area contributed by atoms with Crippen LogP contribution in [0.4, 0.5) is 0 Å². The van der Waals surface area contributed by atoms with Gasteiger partial charge in [-0.05, 0) is 83.5 Å². The molecule has 1 amide bonds. The van der Waals surface area contributed by atoms with Gasteiger partial charge in [-0.2, -0.15) is 0 Å². The molecular formula is C86H151NO18. The number of allylic oxidation sites excluding steroid dienone is 15. The highest BCUT2D eigenvalue weighted by Crippen LogP contribution is 2.33. The van der Waals surface area contributed by atoms with E-state index in [0.29, 0.717) is 12.8 Å². The molecule has 0 aromatic rings. The normalized spacial score (nSPS) is 26.3. The summed E-state index contributed by atoms with van der Waals surface area (Å²) in [5.41, 5.74) is 0. The van der Waals surface area contributed by atoms with Gasteiger partial charge in [0, 0.05) is 6.42 Å². The van der Waals surface area contributed by atoms with Crippen LogP contribution in [-0.2, 0) is 33.2 Å². The lowest BCUT2D eigenvalue weighted by Gasteiger charge is -2.48. The van der Waals surface area contributed by atoms with E-state index >= 15 is 0 Å². The monoisotopic (exact) mass is 1490 g/mol. The van der Waals surface area contributed by atoms with Crippen LogP contribution in [0.5, 0.6) is 0 Å². The van der Waals surface area contributed by atoms with Crippen molar-refractivity contribution in [2.24, 2.45) is 0 Å². The number of nitrogens with one attached hydrogen (secondary N) is 1. The molecule has 3 aliphatic rings. The van der Waals surface area contributed by atoms with Crippen molar-refractivity contribution in [2.45, 2.75) is 413 Å². The van der Waals surface area contributed by atoms with Gasteiger partial charge in [-0.1, -0.05) is 317 Å². The second kappa shape index (κ2) is 65.4. The van der Waals surface area contributed by atoms with Crippen LogP contribution in [0.3, 0.4) is 0 Å². The highest BCUT2D eigenvalue weighted by Gasteiger charge is 2.54. The largest absolute Gasteiger partial charge is 0.394 e. The summed E-state index contributed by atoms with van der Waals surface area (Å²) >= 11 is 0. The molecule has 0 bridgehead atoms. The van der Waals surface area contributed by atoms with Gasteiger partial charge < -0.3 is 89.9 Å². The first kappa shape index (κ1) is 95.9. The van der Waals surface area contributed by atoms with Crippen LogP contribution < -0.4 is 5.32 Å². The number of unbranched alkanes of at least 4 members (excludes halogenated alkanes) is 36. The zero-order chi connectivity index (χ0) is 76.0. The van der Waals surface area contributed by atoms with E-state index in [1.807, 2.05) is 6.08 Å². The molecule has 3 heterocycles. The van der Waals surface area contributed by atoms with Crippen LogP contribution in [0.1, 0.15) is 309 Å². The first-order valence-corrected chi connectivity index (χ1v) is 42.0. The molecule has 0 spiro atoms. The van der Waals surface area contributed by atoms with Crippen LogP contribution >= 0.6 is 0 Å². The summed E-state index contributed by atoms with van der Waals surface area (Å²) in [4.78, 5) is 13.5. The van der Waals surface area contributed by atoms with Gasteiger partial charge in [0.2, 0.25) is 5.91 Å². The van der Waals surface area contributed by atoms with E-state index in [-0.39, 0.29) is 18.9 Å². The molecule has 0 aliphatic carbocycles. The fraction of sp³-hybridized carbons (Fsp3) is 0.802. The minimum atomic E-state index is -1.99. The summed E-state index contributed by atoms with van der Waals surface area (Å²) in [6, 6.07) is -1.00. The zero-order valence-electron chi connectivity index (χ0n) is 65.2. The number of hydrogen-bond acceptors (Lipinski definition) is 18. The SMILES string of the molecule is CC/C=C\C/C=C\C/C=C\C/C=C\C/C=C\C/C=C\CCCCCCCCCCCCC(=O)NC(COC1OC(CO)C(OC2OC(CO)C(OC3OC(CO)C(O)C(O)C3O)C(O)C2O)C(O)C1O)C(O)/C=C/CC/C=C/CCCCCCCCCCCCCCCCCCCCCCCCCCC. The predicted molar refractivity (Wildman–Crippen MR) is 420 cm³/mol. The lowest BCUT2D eigenvalue weighted by Crippen LogP contribution is -2.66. The Bertz CT molecular complexity index is 2270. The Balaban J connectivity index is 1.38. The van der Waals surface area contributed by atoms with Gasteiger partial charge in [0.05, 0.1) is 38.6 Å². The molecule has 12 N–H and O–H groups in total. The number of carbonyl (C=O) groups excluding carboxylic acids is 1. The van der Waals surface area contributed by atoms with Crippen LogP contribution in [0.2, 0.25) is 0 Å². The van der Waals surface area contributed by atoms with E-state index in [4.69, 9.17) is 28.4 Å². The average Bonchev–Trinajstić information content (AvgIpc) is 0.781. The number of carbonyl (C=O) groups is 1. The van der Waals surface area contributed by atoms with Crippen LogP contribution in [0.25, 0.3) is 0 Å². The van der Waals surface area contributed by atoms with Crippen molar-refractivity contribution in [2.75, 3.05) is 26.4 Å². The molecule has 105 heavy (non-hydrogen) atoms. The highest BCUT2D eigenvalue weighted by atomic mass is 16.8. The molecule has 0 saturated carbocycles. The fourth-order valence-electron chi connectivity index (χ4n) is 13.7. The molecule has 0 radical (unpaired) electrons. The highest BCUT2D eigenvalue weighted by molar-refractivity contribution is 5.76. The van der Waals surface area contributed by atoms with Crippen molar-refractivity contribution in [1.82, 2.24) is 5.32 Å². The van der Waals surface area contributed by atoms with Crippen molar-refractivity contribution in [1.29, 1.82) is 0 Å². The van der Waals surface area contributed by atoms with Gasteiger partial charge in [0.15, 0.2) is 18.9 Å². The van der Waals surface area contributed by atoms with Crippen molar-refractivity contribution in [3.05, 3.63) is 97.2 Å². The number of ether oxygens (including phenoxy) is 6. The van der Waals surface area contributed by atoms with E-state index in [1.54, 1.807) is 6.08 Å². The maximum atomic E-state index is 13.5. The molecule has 608 valence electrons. The van der Waals surface area contributed by atoms with Crippen LogP contribution in [-0.4, -0.2) is 193 Å². The first-order valence-electron chi connectivity index (χ1n) is 42.0. The van der Waals surface area contributed by atoms with Crippen LogP contribution in [0.15, 0.2) is 97.2 Å². The third-order valence-corrected chi connectivity index (χ3v) is 20.4. The van der Waals surface area contributed by atoms with E-state index in [9.17, 15) is 61.0 Å². The quantitative estimate of drug-likeness (QED) is 0.0199. The van der Waals surface area contributed by atoms with Crippen molar-refractivity contribution in [3.63, 3.8) is 0 Å². The van der Waals surface area contributed by atoms with Crippen molar-refractivity contribution in [3.8, 4) is 0 Å². The molecule has 3 aliphatic heterocycles. The number of aliphatic hydroxyl groups is 11. The van der Waals surface area contributed by atoms with E-state index in [0.717, 1.165) is 89.9 Å². The molecule has 3 saturated heterocycles. The molecule has 0 aromatic carbocycles. The Labute approximate surface area is 634 Å². The Hall–Kier alpha value is -3.29. The fourth-order valence-corrected chi connectivity index (χ4v) is 13.7. The topological polar surface area (TPSA) is 307 Å². The molecule has 19 nitrogen and oxygen atoms in total. The summed E-state index contributed by atoms with van der Waals surface area (Å²) in [5, 5.41) is 121. The second-order valence-electron chi connectivity index (χ2n) is 29.6. The lowest BCUT2D eigenvalue weighted by atomic mass is 9.96. The maximum absolute atomic E-state index is 13.5. The number of rotatable bonds is 66. The number of amides is 1. The van der Waals surface area contributed by atoms with Gasteiger partial charge in [0.25, 0.3) is 0 Å². The molecule has 17 atom stereocenters. The summed E-state index contributed by atoms with van der Waals surface area (Å²) < 4.78 is 34.5. The Morgan fingerprint density at radius 3 is 1.07 bits per heavy atom. The lowest BCUT2D eigenvalue weighted by molar-refractivity contribution is -0.379. The van der Waals surface area contributed by atoms with Gasteiger partial charge in [-0.3, -0.25) is 4.79 Å². The minimum Gasteiger partial charge on any atom is -0.394 e. The number of aliphatic hydroxyl groups excluding tert-OH is 11. The van der Waals surface area contributed by atoms with E-state index in [1.165, 1.54) is 186 Å². The Kier molecular flexibility index (Phi) is 59.8. The molecule has 17 unspecified atom stereocenters. The predicted octanol–water partition coefficient (Wildman–Crippen LogP) is 14.7. The standard InChI is InChI=1S/C86H151NO18/c1-3-5-7-9-11-13-15-17-19-21-23-25-27-29-31-33-34-36-37-39-41-43-45-47-49-51-53-55-57-59-61-63-70(91)69(87-74(92)64-62-60-58-56-54-52-50-48-46-44-42-40-38-35-32-30-28-26-24-22-20-18-16-14-12-10-8-6-4-2)68-100-84-80(98)77(95)82(72(66-89)102-84)105-86-81(99)78(96)83(73(67-90)103-86)104-85-79(97)76(94)75(93)71(65-88)101-85/h6,8,12,14,18,20,24,26,30,32,38,40,53,55,61,63,69-73,75-86,88-91,93-99H,3-5,7,9-11,13,15-17,19,21-23,25,27-29,31,33-37,39,41-52,54,56-60,62,64-68H2,1-2H3,(H,87,92)/b8-6-,14-12-,20-18-,26-24-,32-30-,40-38-,55-53+,63-61+. The Morgan fingerprint density at radius 2 is 0.667 bits per heavy atom. The van der Waals surface area contributed by atoms with E-state index in [2.05, 4.69) is 104 Å². The summed E-state index contributed by atoms with van der Waals surface area (Å²) in [6.07, 6.45) is 62.6. The molecule has 3 rings (SSSR count). The Morgan fingerprint density at radius 1 is 0.352 bits per heavy atom. The van der Waals surface area contributed by atoms with Crippen molar-refractivity contribution < 1.29 is 89.4 Å². The number of hydrogen-bond donors (Lipinski definition) is 12. The third-order valence-electron chi connectivity index (χ3n) is 20.4. The van der Waals surface area contributed by atoms with Crippen LogP contribution in [0, 0.1) is 0 Å². The van der Waals surface area contributed by atoms with Gasteiger partial charge in [-0.25, -0.2) is 0 Å². The molecule has 19 heteroatoms. The summed E-state index contributed by atoms with van der Waals surface area (Å²) in [7, 11) is 0. The second-order valence-corrected chi connectivity index (χ2v) is 29.6. The smallest absolute Gasteiger partial charge is 0.220 e. The molecule has 3 fully saturated rings. The molecular weight excluding hydrogens is 1330 g/mol. The third kappa shape index (κ3) is 45.0. The molecule has 0 aromatic heterocycles. The average molecular weight is 1490 g/mol. The summed E-state index contributed by atoms with van der Waals surface area (Å²) in [5.74, 6) is -0.291. The van der Waals surface area contributed by atoms with Gasteiger partial charge in [0.1, 0.15) is 73.2 Å². The van der Waals surface area contributed by atoms with Gasteiger partial charge in [-0.15, -0.1) is 0 Å². The minimum absolute atomic E-state index is 0.225. The van der Waals surface area contributed by atoms with Gasteiger partial charge >= 0.3 is 0 Å². The van der Waals surface area contributed by atoms with Crippen molar-refractivity contribution >= 4 is 5.91 Å². The first-order chi connectivity index (χ1) is 51.3. The summed E-state index contributed by atoms with van der Waals surface area (Å²) in [6.45, 7) is 1.63.